The number of nitrogens with zero attached hydrogens (tertiary/aromatic N) is 2. The van der Waals surface area contributed by atoms with Gasteiger partial charge in [-0.1, -0.05) is 12.1 Å². The lowest BCUT2D eigenvalue weighted by Gasteiger charge is -2.35. The fourth-order valence-corrected chi connectivity index (χ4v) is 3.67. The summed E-state index contributed by atoms with van der Waals surface area (Å²) in [6, 6.07) is 11.2. The van der Waals surface area contributed by atoms with Crippen LogP contribution in [0.4, 0.5) is 11.5 Å². The number of amides is 2. The largest absolute Gasteiger partial charge is 0.381 e. The number of fused-ring (bicyclic) bond motifs is 1. The minimum Gasteiger partial charge on any atom is -0.381 e. The fraction of sp³-hybridized carbons (Fsp3) is 0.381. The standard InChI is InChI=1S/C21H24N4O3/c1-13-3-8-17-19(22-13)25(2)18(24-21(17)27)14-4-6-16(7-5-14)23-20(26)15-9-11-28-12-10-15/h3-8,15,18H,9-12H2,1-2H3,(H,23,26)(H,24,27). The first-order valence-corrected chi connectivity index (χ1v) is 9.53. The van der Waals surface area contributed by atoms with Crippen LogP contribution >= 0.6 is 0 Å². The van der Waals surface area contributed by atoms with Crippen molar-refractivity contribution < 1.29 is 14.3 Å². The second-order valence-electron chi connectivity index (χ2n) is 7.31. The van der Waals surface area contributed by atoms with Gasteiger partial charge in [-0.2, -0.15) is 0 Å². The summed E-state index contributed by atoms with van der Waals surface area (Å²) in [5.41, 5.74) is 3.11. The Kier molecular flexibility index (Phi) is 5.00. The van der Waals surface area contributed by atoms with Crippen LogP contribution in [0.15, 0.2) is 36.4 Å². The summed E-state index contributed by atoms with van der Waals surface area (Å²) in [5, 5.41) is 5.99. The maximum atomic E-state index is 12.5. The molecule has 2 aliphatic rings. The lowest BCUT2D eigenvalue weighted by atomic mass is 9.99. The van der Waals surface area contributed by atoms with Crippen molar-refractivity contribution in [1.29, 1.82) is 0 Å². The number of carbonyl (C=O) groups is 2. The molecule has 1 atom stereocenters. The average Bonchev–Trinajstić information content (AvgIpc) is 2.72. The molecule has 4 rings (SSSR count). The third-order valence-electron chi connectivity index (χ3n) is 5.33. The summed E-state index contributed by atoms with van der Waals surface area (Å²) in [7, 11) is 1.91. The highest BCUT2D eigenvalue weighted by molar-refractivity contribution is 6.01. The number of aryl methyl sites for hydroxylation is 1. The van der Waals surface area contributed by atoms with Crippen molar-refractivity contribution >= 4 is 23.3 Å². The fourth-order valence-electron chi connectivity index (χ4n) is 3.67. The first-order chi connectivity index (χ1) is 13.5. The van der Waals surface area contributed by atoms with Gasteiger partial charge < -0.3 is 20.3 Å². The van der Waals surface area contributed by atoms with Crippen molar-refractivity contribution in [3.05, 3.63) is 53.2 Å². The van der Waals surface area contributed by atoms with Crippen LogP contribution in [0, 0.1) is 12.8 Å². The van der Waals surface area contributed by atoms with E-state index in [1.165, 1.54) is 0 Å². The molecule has 2 N–H and O–H groups in total. The van der Waals surface area contributed by atoms with Crippen LogP contribution in [0.3, 0.4) is 0 Å². The van der Waals surface area contributed by atoms with Gasteiger partial charge in [-0.3, -0.25) is 9.59 Å². The Bertz CT molecular complexity index is 891. The van der Waals surface area contributed by atoms with E-state index in [4.69, 9.17) is 4.74 Å². The summed E-state index contributed by atoms with van der Waals surface area (Å²) >= 11 is 0. The molecular formula is C21H24N4O3. The second kappa shape index (κ2) is 7.59. The number of hydrogen-bond acceptors (Lipinski definition) is 5. The zero-order valence-corrected chi connectivity index (χ0v) is 16.1. The molecule has 2 amide bonds. The highest BCUT2D eigenvalue weighted by Crippen LogP contribution is 2.31. The molecule has 0 saturated carbocycles. The van der Waals surface area contributed by atoms with Crippen molar-refractivity contribution in [3.8, 4) is 0 Å². The Balaban J connectivity index is 1.49. The lowest BCUT2D eigenvalue weighted by Crippen LogP contribution is -2.45. The molecule has 1 unspecified atom stereocenters. The van der Waals surface area contributed by atoms with E-state index in [9.17, 15) is 9.59 Å². The third kappa shape index (κ3) is 3.57. The van der Waals surface area contributed by atoms with E-state index in [0.717, 1.165) is 29.8 Å². The molecule has 3 heterocycles. The van der Waals surface area contributed by atoms with E-state index in [2.05, 4.69) is 15.6 Å². The lowest BCUT2D eigenvalue weighted by molar-refractivity contribution is -0.122. The van der Waals surface area contributed by atoms with Gasteiger partial charge in [0.25, 0.3) is 5.91 Å². The molecule has 0 spiro atoms. The molecule has 146 valence electrons. The van der Waals surface area contributed by atoms with Crippen molar-refractivity contribution in [3.63, 3.8) is 0 Å². The van der Waals surface area contributed by atoms with Crippen LogP contribution in [-0.4, -0.2) is 37.1 Å². The number of hydrogen-bond donors (Lipinski definition) is 2. The number of nitrogens with one attached hydrogen (secondary N) is 2. The Labute approximate surface area is 164 Å². The molecule has 1 aromatic heterocycles. The van der Waals surface area contributed by atoms with Gasteiger partial charge in [0.1, 0.15) is 12.0 Å². The molecule has 28 heavy (non-hydrogen) atoms. The number of rotatable bonds is 3. The van der Waals surface area contributed by atoms with Crippen LogP contribution in [0.25, 0.3) is 0 Å². The number of benzene rings is 1. The number of carbonyl (C=O) groups excluding carboxylic acids is 2. The van der Waals surface area contributed by atoms with Gasteiger partial charge in [0.05, 0.1) is 5.56 Å². The maximum Gasteiger partial charge on any atom is 0.256 e. The first-order valence-electron chi connectivity index (χ1n) is 9.53. The Hall–Kier alpha value is -2.93. The molecule has 1 saturated heterocycles. The Morgan fingerprint density at radius 3 is 2.61 bits per heavy atom. The van der Waals surface area contributed by atoms with Gasteiger partial charge in [0, 0.05) is 37.6 Å². The van der Waals surface area contributed by atoms with E-state index < -0.39 is 0 Å². The van der Waals surface area contributed by atoms with E-state index >= 15 is 0 Å². The second-order valence-corrected chi connectivity index (χ2v) is 7.31. The normalized spacial score (nSPS) is 19.7. The third-order valence-corrected chi connectivity index (χ3v) is 5.33. The van der Waals surface area contributed by atoms with Crippen molar-refractivity contribution in [2.24, 2.45) is 5.92 Å². The summed E-state index contributed by atoms with van der Waals surface area (Å²) in [6.45, 7) is 3.19. The Morgan fingerprint density at radius 2 is 1.89 bits per heavy atom. The average molecular weight is 380 g/mol. The SMILES string of the molecule is Cc1ccc2c(n1)N(C)C(c1ccc(NC(=O)C3CCOCC3)cc1)NC2=O. The van der Waals surface area contributed by atoms with Gasteiger partial charge in [-0.15, -0.1) is 0 Å². The van der Waals surface area contributed by atoms with Crippen LogP contribution in [-0.2, 0) is 9.53 Å². The van der Waals surface area contributed by atoms with Crippen molar-refractivity contribution in [1.82, 2.24) is 10.3 Å². The minimum atomic E-state index is -0.311. The summed E-state index contributed by atoms with van der Waals surface area (Å²) in [6.07, 6.45) is 1.21. The number of pyridine rings is 1. The predicted molar refractivity (Wildman–Crippen MR) is 106 cm³/mol. The Morgan fingerprint density at radius 1 is 1.18 bits per heavy atom. The zero-order valence-electron chi connectivity index (χ0n) is 16.1. The van der Waals surface area contributed by atoms with E-state index in [-0.39, 0.29) is 23.9 Å². The topological polar surface area (TPSA) is 83.6 Å². The molecule has 2 aromatic rings. The van der Waals surface area contributed by atoms with Crippen molar-refractivity contribution in [2.45, 2.75) is 25.9 Å². The minimum absolute atomic E-state index is 0.00279. The van der Waals surface area contributed by atoms with Gasteiger partial charge >= 0.3 is 0 Å². The first kappa shape index (κ1) is 18.4. The highest BCUT2D eigenvalue weighted by Gasteiger charge is 2.30. The molecule has 0 radical (unpaired) electrons. The summed E-state index contributed by atoms with van der Waals surface area (Å²) < 4.78 is 5.31. The quantitative estimate of drug-likeness (QED) is 0.855. The maximum absolute atomic E-state index is 12.5. The van der Waals surface area contributed by atoms with E-state index in [1.54, 1.807) is 6.07 Å². The molecule has 0 aliphatic carbocycles. The van der Waals surface area contributed by atoms with Crippen LogP contribution in [0.1, 0.15) is 40.6 Å². The predicted octanol–water partition coefficient (Wildman–Crippen LogP) is 2.63. The van der Waals surface area contributed by atoms with Crippen molar-refractivity contribution in [2.75, 3.05) is 30.5 Å². The number of ether oxygens (including phenoxy) is 1. The summed E-state index contributed by atoms with van der Waals surface area (Å²) in [4.78, 5) is 31.3. The number of aromatic nitrogens is 1. The van der Waals surface area contributed by atoms with Crippen LogP contribution < -0.4 is 15.5 Å². The van der Waals surface area contributed by atoms with Gasteiger partial charge in [-0.25, -0.2) is 4.98 Å². The highest BCUT2D eigenvalue weighted by atomic mass is 16.5. The molecule has 7 heteroatoms. The monoisotopic (exact) mass is 380 g/mol. The zero-order chi connectivity index (χ0) is 19.7. The molecule has 1 aromatic carbocycles. The van der Waals surface area contributed by atoms with E-state index in [0.29, 0.717) is 24.6 Å². The number of anilines is 2. The molecule has 1 fully saturated rings. The summed E-state index contributed by atoms with van der Waals surface area (Å²) in [5.74, 6) is 0.573. The molecule has 7 nitrogen and oxygen atoms in total. The van der Waals surface area contributed by atoms with Crippen LogP contribution in [0.2, 0.25) is 0 Å². The van der Waals surface area contributed by atoms with Crippen LogP contribution in [0.5, 0.6) is 0 Å². The smallest absolute Gasteiger partial charge is 0.256 e. The molecular weight excluding hydrogens is 356 g/mol. The van der Waals surface area contributed by atoms with Gasteiger partial charge in [0.15, 0.2) is 0 Å². The molecule has 2 aliphatic heterocycles. The van der Waals surface area contributed by atoms with Gasteiger partial charge in [-0.05, 0) is 49.6 Å². The van der Waals surface area contributed by atoms with E-state index in [1.807, 2.05) is 49.2 Å². The van der Waals surface area contributed by atoms with Gasteiger partial charge in [0.2, 0.25) is 5.91 Å². The molecule has 0 bridgehead atoms.